The van der Waals surface area contributed by atoms with E-state index >= 15 is 0 Å². The highest BCUT2D eigenvalue weighted by molar-refractivity contribution is 9.11. The van der Waals surface area contributed by atoms with Crippen LogP contribution in [0.15, 0.2) is 43.1 Å². The number of hydrogen-bond acceptors (Lipinski definition) is 5. The average Bonchev–Trinajstić information content (AvgIpc) is 2.10. The van der Waals surface area contributed by atoms with Gasteiger partial charge < -0.3 is 17.0 Å². The van der Waals surface area contributed by atoms with Gasteiger partial charge in [0.15, 0.2) is 6.17 Å². The van der Waals surface area contributed by atoms with E-state index in [0.29, 0.717) is 5.70 Å². The largest absolute Gasteiger partial charge is 0.362 e. The summed E-state index contributed by atoms with van der Waals surface area (Å²) in [5.41, 5.74) is 0.533. The van der Waals surface area contributed by atoms with Gasteiger partial charge in [-0.25, -0.2) is 0 Å². The molecule has 13 heavy (non-hydrogen) atoms. The van der Waals surface area contributed by atoms with E-state index in [1.807, 2.05) is 0 Å². The maximum atomic E-state index is 4.91. The molecule has 1 unspecified atom stereocenters. The van der Waals surface area contributed by atoms with Crippen molar-refractivity contribution in [1.29, 1.82) is 0 Å². The Bertz CT molecular complexity index is 291. The number of nitrogens with one attached hydrogen (secondary N) is 1. The number of nitrogens with zero attached hydrogens (tertiary/aromatic N) is 4. The van der Waals surface area contributed by atoms with Crippen molar-refractivity contribution in [3.05, 3.63) is 22.5 Å². The van der Waals surface area contributed by atoms with Crippen LogP contribution in [0.25, 0.3) is 0 Å². The van der Waals surface area contributed by atoms with Gasteiger partial charge in [0.25, 0.3) is 0 Å². The quantitative estimate of drug-likeness (QED) is 0.378. The van der Waals surface area contributed by atoms with Crippen molar-refractivity contribution < 1.29 is 0 Å². The van der Waals surface area contributed by atoms with Crippen LogP contribution in [-0.4, -0.2) is 6.17 Å². The molecule has 0 bridgehead atoms. The molecule has 0 fully saturated rings. The second-order valence-corrected chi connectivity index (χ2v) is 3.03. The number of hydrogen-bond donors (Lipinski definition) is 3. The van der Waals surface area contributed by atoms with Gasteiger partial charge in [-0.15, -0.1) is 10.2 Å². The fourth-order valence-corrected chi connectivity index (χ4v) is 1.18. The second kappa shape index (κ2) is 4.55. The van der Waals surface area contributed by atoms with Crippen molar-refractivity contribution >= 4 is 15.9 Å². The molecule has 7 nitrogen and oxygen atoms in total. The zero-order valence-electron chi connectivity index (χ0n) is 6.55. The molecule has 1 rings (SSSR count). The zero-order valence-corrected chi connectivity index (χ0v) is 8.14. The van der Waals surface area contributed by atoms with Crippen molar-refractivity contribution in [2.24, 2.45) is 32.4 Å². The van der Waals surface area contributed by atoms with Crippen LogP contribution in [0.5, 0.6) is 0 Å². The van der Waals surface area contributed by atoms with Gasteiger partial charge in [0.05, 0.1) is 0 Å². The first-order valence-corrected chi connectivity index (χ1v) is 4.11. The molecule has 1 aliphatic heterocycles. The van der Waals surface area contributed by atoms with Crippen molar-refractivity contribution in [2.75, 3.05) is 0 Å². The van der Waals surface area contributed by atoms with E-state index in [-0.39, 0.29) is 0 Å². The van der Waals surface area contributed by atoms with Crippen LogP contribution in [0.3, 0.4) is 0 Å². The molecule has 0 radical (unpaired) electrons. The lowest BCUT2D eigenvalue weighted by Crippen LogP contribution is -2.26. The number of allylic oxidation sites excluding steroid dienone is 2. The first kappa shape index (κ1) is 9.65. The maximum Gasteiger partial charge on any atom is 0.186 e. The summed E-state index contributed by atoms with van der Waals surface area (Å²) in [6.45, 7) is 0. The van der Waals surface area contributed by atoms with Crippen LogP contribution in [-0.2, 0) is 0 Å². The molecule has 70 valence electrons. The van der Waals surface area contributed by atoms with Gasteiger partial charge in [0.1, 0.15) is 5.70 Å². The summed E-state index contributed by atoms with van der Waals surface area (Å²) in [7, 11) is 0. The van der Waals surface area contributed by atoms with Crippen molar-refractivity contribution in [3.8, 4) is 0 Å². The minimum Gasteiger partial charge on any atom is -0.362 e. The standard InChI is InChI=1S/C5H8BrN7/c6-3-1-4(10-12-7)5(9-2-3)11-13-8/h1-2,5,9H,(H2,7,10)(H2,8,11). The molecule has 1 heterocycles. The monoisotopic (exact) mass is 245 g/mol. The van der Waals surface area contributed by atoms with Crippen molar-refractivity contribution in [1.82, 2.24) is 5.32 Å². The lowest BCUT2D eigenvalue weighted by molar-refractivity contribution is 0.626. The minimum atomic E-state index is -0.432. The first-order valence-electron chi connectivity index (χ1n) is 3.32. The topological polar surface area (TPSA) is 114 Å². The fourth-order valence-electron chi connectivity index (χ4n) is 0.815. The highest BCUT2D eigenvalue weighted by Gasteiger charge is 2.15. The SMILES string of the molecule is NN=NC1=CC(Br)=CNC1N=NN. The fraction of sp³-hybridized carbons (Fsp3) is 0.200. The maximum absolute atomic E-state index is 4.91. The van der Waals surface area contributed by atoms with Gasteiger partial charge in [-0.1, -0.05) is 10.4 Å². The van der Waals surface area contributed by atoms with Gasteiger partial charge in [-0.2, -0.15) is 0 Å². The summed E-state index contributed by atoms with van der Waals surface area (Å²) in [6, 6.07) is 0. The van der Waals surface area contributed by atoms with Gasteiger partial charge in [-0.3, -0.25) is 0 Å². The molecule has 0 spiro atoms. The molecule has 0 saturated carbocycles. The van der Waals surface area contributed by atoms with Crippen molar-refractivity contribution in [2.45, 2.75) is 6.17 Å². The number of dihydropyridines is 1. The number of halogens is 1. The molecule has 0 amide bonds. The second-order valence-electron chi connectivity index (χ2n) is 2.11. The van der Waals surface area contributed by atoms with E-state index in [9.17, 15) is 0 Å². The van der Waals surface area contributed by atoms with Gasteiger partial charge in [-0.05, 0) is 22.0 Å². The normalized spacial score (nSPS) is 23.0. The van der Waals surface area contributed by atoms with E-state index in [4.69, 9.17) is 11.7 Å². The molecule has 8 heteroatoms. The van der Waals surface area contributed by atoms with E-state index in [1.165, 1.54) is 0 Å². The number of nitrogens with two attached hydrogens (primary N) is 2. The molecule has 1 atom stereocenters. The molecular weight excluding hydrogens is 238 g/mol. The van der Waals surface area contributed by atoms with E-state index in [2.05, 4.69) is 41.9 Å². The van der Waals surface area contributed by atoms with Crippen LogP contribution >= 0.6 is 15.9 Å². The first-order chi connectivity index (χ1) is 6.27. The van der Waals surface area contributed by atoms with E-state index in [1.54, 1.807) is 12.3 Å². The lowest BCUT2D eigenvalue weighted by atomic mass is 10.3. The lowest BCUT2D eigenvalue weighted by Gasteiger charge is -2.14. The van der Waals surface area contributed by atoms with E-state index in [0.717, 1.165) is 4.48 Å². The summed E-state index contributed by atoms with van der Waals surface area (Å²) >= 11 is 3.25. The third-order valence-corrected chi connectivity index (χ3v) is 1.76. The van der Waals surface area contributed by atoms with E-state index < -0.39 is 6.17 Å². The van der Waals surface area contributed by atoms with Crippen LogP contribution in [0.4, 0.5) is 0 Å². The summed E-state index contributed by atoms with van der Waals surface area (Å²) in [4.78, 5) is 0. The minimum absolute atomic E-state index is 0.432. The Morgan fingerprint density at radius 1 is 1.38 bits per heavy atom. The van der Waals surface area contributed by atoms with Crippen LogP contribution < -0.4 is 17.0 Å². The van der Waals surface area contributed by atoms with Crippen LogP contribution in [0, 0.1) is 0 Å². The smallest absolute Gasteiger partial charge is 0.186 e. The molecule has 5 N–H and O–H groups in total. The highest BCUT2D eigenvalue weighted by atomic mass is 79.9. The molecular formula is C5H8BrN7. The summed E-state index contributed by atoms with van der Waals surface area (Å²) in [5, 5.41) is 16.5. The molecule has 1 aliphatic rings. The Kier molecular flexibility index (Phi) is 3.38. The van der Waals surface area contributed by atoms with Gasteiger partial charge >= 0.3 is 0 Å². The third kappa shape index (κ3) is 2.51. The number of rotatable bonds is 2. The molecule has 0 aromatic heterocycles. The van der Waals surface area contributed by atoms with Gasteiger partial charge in [0, 0.05) is 10.7 Å². The van der Waals surface area contributed by atoms with Crippen LogP contribution in [0.1, 0.15) is 0 Å². The Hall–Kier alpha value is -1.44. The average molecular weight is 246 g/mol. The summed E-state index contributed by atoms with van der Waals surface area (Å²) < 4.78 is 0.818. The summed E-state index contributed by atoms with van der Waals surface area (Å²) in [5.74, 6) is 9.82. The van der Waals surface area contributed by atoms with Crippen molar-refractivity contribution in [3.63, 3.8) is 0 Å². The summed E-state index contributed by atoms with van der Waals surface area (Å²) in [6.07, 6.45) is 2.99. The predicted molar refractivity (Wildman–Crippen MR) is 50.1 cm³/mol. The Morgan fingerprint density at radius 2 is 2.15 bits per heavy atom. The Labute approximate surface area is 82.7 Å². The van der Waals surface area contributed by atoms with Crippen LogP contribution in [0.2, 0.25) is 0 Å². The Balaban J connectivity index is 2.86. The zero-order chi connectivity index (χ0) is 9.68. The molecule has 0 saturated heterocycles. The predicted octanol–water partition coefficient (Wildman–Crippen LogP) is 0.688. The molecule has 0 aromatic rings. The molecule has 0 aromatic carbocycles. The highest BCUT2D eigenvalue weighted by Crippen LogP contribution is 2.18. The third-order valence-electron chi connectivity index (χ3n) is 1.30. The molecule has 0 aliphatic carbocycles. The van der Waals surface area contributed by atoms with Gasteiger partial charge in [0.2, 0.25) is 0 Å². The Morgan fingerprint density at radius 3 is 2.77 bits per heavy atom.